The molecule has 3 N–H and O–H groups in total. The van der Waals surface area contributed by atoms with Crippen molar-refractivity contribution in [2.24, 2.45) is 5.14 Å². The molecule has 1 heterocycles. The molecular formula is C17H19N3O4S. The Morgan fingerprint density at radius 3 is 2.68 bits per heavy atom. The SMILES string of the molecule is CC1C=CN(COc2cccc(O)c2)N1c1cccc(S(N)(=O)=O)c1. The van der Waals surface area contributed by atoms with E-state index in [0.717, 1.165) is 0 Å². The number of ether oxygens (including phenoxy) is 1. The van der Waals surface area contributed by atoms with Crippen LogP contribution in [-0.2, 0) is 10.0 Å². The summed E-state index contributed by atoms with van der Waals surface area (Å²) in [4.78, 5) is 0.0537. The fraction of sp³-hybridized carbons (Fsp3) is 0.176. The number of anilines is 1. The monoisotopic (exact) mass is 361 g/mol. The van der Waals surface area contributed by atoms with Crippen molar-refractivity contribution in [2.75, 3.05) is 11.7 Å². The van der Waals surface area contributed by atoms with Crippen molar-refractivity contribution in [1.82, 2.24) is 5.01 Å². The number of rotatable bonds is 5. The molecule has 25 heavy (non-hydrogen) atoms. The Balaban J connectivity index is 1.80. The standard InChI is InChI=1S/C17H19N3O4S/c1-13-8-9-19(12-24-16-6-3-5-15(21)11-16)20(13)14-4-2-7-17(10-14)25(18,22)23/h2-11,13,21H,12H2,1H3,(H2,18,22,23). The summed E-state index contributed by atoms with van der Waals surface area (Å²) in [5, 5.41) is 18.4. The van der Waals surface area contributed by atoms with Gasteiger partial charge in [0.25, 0.3) is 0 Å². The molecular weight excluding hydrogens is 342 g/mol. The number of primary sulfonamides is 1. The van der Waals surface area contributed by atoms with Gasteiger partial charge in [-0.15, -0.1) is 0 Å². The maximum atomic E-state index is 11.6. The first-order valence-corrected chi connectivity index (χ1v) is 9.18. The van der Waals surface area contributed by atoms with Crippen molar-refractivity contribution >= 4 is 15.7 Å². The van der Waals surface area contributed by atoms with Crippen LogP contribution in [0.1, 0.15) is 6.92 Å². The van der Waals surface area contributed by atoms with E-state index in [1.165, 1.54) is 18.2 Å². The second kappa shape index (κ2) is 6.66. The van der Waals surface area contributed by atoms with Crippen molar-refractivity contribution in [1.29, 1.82) is 0 Å². The summed E-state index contributed by atoms with van der Waals surface area (Å²) < 4.78 is 28.9. The van der Waals surface area contributed by atoms with Gasteiger partial charge in [0.1, 0.15) is 11.5 Å². The smallest absolute Gasteiger partial charge is 0.238 e. The Hall–Kier alpha value is -2.71. The third-order valence-corrected chi connectivity index (χ3v) is 4.70. The summed E-state index contributed by atoms with van der Waals surface area (Å²) in [5.41, 5.74) is 0.684. The van der Waals surface area contributed by atoms with Gasteiger partial charge < -0.3 is 9.84 Å². The van der Waals surface area contributed by atoms with E-state index in [4.69, 9.17) is 9.88 Å². The molecule has 0 spiro atoms. The number of nitrogens with two attached hydrogens (primary N) is 1. The Morgan fingerprint density at radius 2 is 1.96 bits per heavy atom. The van der Waals surface area contributed by atoms with Gasteiger partial charge in [-0.3, -0.25) is 10.0 Å². The summed E-state index contributed by atoms with van der Waals surface area (Å²) in [7, 11) is -3.77. The maximum absolute atomic E-state index is 11.6. The highest BCUT2D eigenvalue weighted by atomic mass is 32.2. The zero-order valence-corrected chi connectivity index (χ0v) is 14.4. The minimum atomic E-state index is -3.77. The van der Waals surface area contributed by atoms with Gasteiger partial charge in [0, 0.05) is 12.3 Å². The predicted molar refractivity (Wildman–Crippen MR) is 94.3 cm³/mol. The topological polar surface area (TPSA) is 96.1 Å². The number of hydrogen-bond acceptors (Lipinski definition) is 6. The number of aromatic hydroxyl groups is 1. The molecule has 2 aromatic rings. The molecule has 0 bridgehead atoms. The molecule has 0 saturated carbocycles. The number of phenolic OH excluding ortho intramolecular Hbond substituents is 1. The normalized spacial score (nSPS) is 17.1. The van der Waals surface area contributed by atoms with Crippen molar-refractivity contribution in [3.8, 4) is 11.5 Å². The van der Waals surface area contributed by atoms with Gasteiger partial charge in [0.05, 0.1) is 16.6 Å². The van der Waals surface area contributed by atoms with Crippen LogP contribution >= 0.6 is 0 Å². The first-order chi connectivity index (χ1) is 11.8. The van der Waals surface area contributed by atoms with Crippen molar-refractivity contribution < 1.29 is 18.3 Å². The van der Waals surface area contributed by atoms with E-state index >= 15 is 0 Å². The lowest BCUT2D eigenvalue weighted by Gasteiger charge is -2.34. The van der Waals surface area contributed by atoms with Crippen LogP contribution in [0.15, 0.2) is 65.7 Å². The Morgan fingerprint density at radius 1 is 1.20 bits per heavy atom. The number of nitrogens with zero attached hydrogens (tertiary/aromatic N) is 2. The van der Waals surface area contributed by atoms with E-state index in [0.29, 0.717) is 11.4 Å². The fourth-order valence-electron chi connectivity index (χ4n) is 2.62. The van der Waals surface area contributed by atoms with Crippen LogP contribution in [0.3, 0.4) is 0 Å². The maximum Gasteiger partial charge on any atom is 0.238 e. The second-order valence-corrected chi connectivity index (χ2v) is 7.24. The van der Waals surface area contributed by atoms with E-state index in [-0.39, 0.29) is 23.4 Å². The van der Waals surface area contributed by atoms with E-state index in [1.807, 2.05) is 29.2 Å². The Bertz CT molecular complexity index is 898. The number of phenols is 1. The van der Waals surface area contributed by atoms with Crippen LogP contribution in [0.2, 0.25) is 0 Å². The lowest BCUT2D eigenvalue weighted by Crippen LogP contribution is -2.42. The van der Waals surface area contributed by atoms with Crippen LogP contribution in [-0.4, -0.2) is 31.3 Å². The molecule has 1 aliphatic heterocycles. The molecule has 8 heteroatoms. The van der Waals surface area contributed by atoms with Crippen LogP contribution in [0.4, 0.5) is 5.69 Å². The highest BCUT2D eigenvalue weighted by Crippen LogP contribution is 2.27. The third kappa shape index (κ3) is 3.86. The first kappa shape index (κ1) is 17.1. The van der Waals surface area contributed by atoms with E-state index in [1.54, 1.807) is 30.3 Å². The average molecular weight is 361 g/mol. The lowest BCUT2D eigenvalue weighted by molar-refractivity contribution is 0.165. The minimum absolute atomic E-state index is 0.0171. The quantitative estimate of drug-likeness (QED) is 0.846. The molecule has 0 aliphatic carbocycles. The van der Waals surface area contributed by atoms with Gasteiger partial charge in [-0.25, -0.2) is 13.6 Å². The Labute approximate surface area is 146 Å². The molecule has 0 saturated heterocycles. The van der Waals surface area contributed by atoms with Crippen molar-refractivity contribution in [3.05, 3.63) is 60.8 Å². The van der Waals surface area contributed by atoms with Gasteiger partial charge in [-0.05, 0) is 43.3 Å². The van der Waals surface area contributed by atoms with Crippen LogP contribution < -0.4 is 14.9 Å². The van der Waals surface area contributed by atoms with Gasteiger partial charge in [-0.1, -0.05) is 12.1 Å². The fourth-order valence-corrected chi connectivity index (χ4v) is 3.17. The van der Waals surface area contributed by atoms with Gasteiger partial charge in [0.15, 0.2) is 6.73 Å². The van der Waals surface area contributed by atoms with Gasteiger partial charge in [0.2, 0.25) is 10.0 Å². The van der Waals surface area contributed by atoms with E-state index < -0.39 is 10.0 Å². The predicted octanol–water partition coefficient (Wildman–Crippen LogP) is 2.02. The van der Waals surface area contributed by atoms with E-state index in [2.05, 4.69) is 0 Å². The largest absolute Gasteiger partial charge is 0.508 e. The zero-order chi connectivity index (χ0) is 18.0. The summed E-state index contributed by atoms with van der Waals surface area (Å²) in [6, 6.07) is 13.0. The number of hydrazine groups is 1. The van der Waals surface area contributed by atoms with Gasteiger partial charge >= 0.3 is 0 Å². The Kier molecular flexibility index (Phi) is 4.56. The summed E-state index contributed by atoms with van der Waals surface area (Å²) in [5.74, 6) is 0.659. The van der Waals surface area contributed by atoms with E-state index in [9.17, 15) is 13.5 Å². The zero-order valence-electron chi connectivity index (χ0n) is 13.6. The van der Waals surface area contributed by atoms with Crippen molar-refractivity contribution in [3.63, 3.8) is 0 Å². The summed E-state index contributed by atoms with van der Waals surface area (Å²) in [6.45, 7) is 2.18. The van der Waals surface area contributed by atoms with Crippen LogP contribution in [0.25, 0.3) is 0 Å². The molecule has 0 radical (unpaired) electrons. The molecule has 0 amide bonds. The summed E-state index contributed by atoms with van der Waals surface area (Å²) in [6.07, 6.45) is 3.83. The minimum Gasteiger partial charge on any atom is -0.508 e. The van der Waals surface area contributed by atoms with Crippen molar-refractivity contribution in [2.45, 2.75) is 17.9 Å². The molecule has 1 atom stereocenters. The molecule has 7 nitrogen and oxygen atoms in total. The molecule has 1 aliphatic rings. The molecule has 0 aromatic heterocycles. The molecule has 3 rings (SSSR count). The molecule has 132 valence electrons. The van der Waals surface area contributed by atoms with Crippen LogP contribution in [0, 0.1) is 0 Å². The molecule has 1 unspecified atom stereocenters. The lowest BCUT2D eigenvalue weighted by atomic mass is 10.2. The molecule has 2 aromatic carbocycles. The highest BCUT2D eigenvalue weighted by Gasteiger charge is 2.24. The van der Waals surface area contributed by atoms with Crippen LogP contribution in [0.5, 0.6) is 11.5 Å². The molecule has 0 fully saturated rings. The third-order valence-electron chi connectivity index (χ3n) is 3.79. The second-order valence-electron chi connectivity index (χ2n) is 5.68. The highest BCUT2D eigenvalue weighted by molar-refractivity contribution is 7.89. The number of sulfonamides is 1. The number of benzene rings is 2. The number of hydrogen-bond donors (Lipinski definition) is 2. The van der Waals surface area contributed by atoms with Gasteiger partial charge in [-0.2, -0.15) is 0 Å². The summed E-state index contributed by atoms with van der Waals surface area (Å²) >= 11 is 0. The first-order valence-electron chi connectivity index (χ1n) is 7.63. The average Bonchev–Trinajstić information content (AvgIpc) is 2.93.